The van der Waals surface area contributed by atoms with Gasteiger partial charge in [-0.05, 0) is 62.8 Å². The van der Waals surface area contributed by atoms with Crippen molar-refractivity contribution in [3.8, 4) is 11.4 Å². The summed E-state index contributed by atoms with van der Waals surface area (Å²) in [5.41, 5.74) is -1.59. The fraction of sp³-hybridized carbons (Fsp3) is 0.452. The van der Waals surface area contributed by atoms with Crippen LogP contribution in [0.5, 0.6) is 0 Å². The molecule has 1 aliphatic carbocycles. The van der Waals surface area contributed by atoms with E-state index in [1.165, 1.54) is 32.4 Å². The Morgan fingerprint density at radius 2 is 1.63 bits per heavy atom. The number of Topliss-reactive ketones (excluding diaryl/α,β-unsaturated/α-hetero) is 1. The Balaban J connectivity index is 0.000000729. The molecule has 224 valence electrons. The lowest BCUT2D eigenvalue weighted by Gasteiger charge is -2.28. The molecule has 0 spiro atoms. The predicted octanol–water partition coefficient (Wildman–Crippen LogP) is 9.71. The van der Waals surface area contributed by atoms with Crippen molar-refractivity contribution < 1.29 is 31.1 Å². The first-order valence-corrected chi connectivity index (χ1v) is 13.5. The van der Waals surface area contributed by atoms with E-state index < -0.39 is 29.0 Å². The van der Waals surface area contributed by atoms with Crippen LogP contribution in [0, 0.1) is 11.8 Å². The number of nitrogens with zero attached hydrogens (tertiary/aromatic N) is 3. The molecule has 2 aromatic rings. The van der Waals surface area contributed by atoms with Gasteiger partial charge in [0.15, 0.2) is 11.6 Å². The summed E-state index contributed by atoms with van der Waals surface area (Å²) < 4.78 is 80.1. The van der Waals surface area contributed by atoms with Crippen molar-refractivity contribution in [1.82, 2.24) is 14.8 Å². The Hall–Kier alpha value is -3.43. The van der Waals surface area contributed by atoms with Gasteiger partial charge in [-0.15, -0.1) is 5.10 Å². The molecular formula is C31H37F6N3O. The van der Waals surface area contributed by atoms with Crippen LogP contribution in [0.3, 0.4) is 0 Å². The maximum atomic E-state index is 13.2. The minimum atomic E-state index is -4.99. The van der Waals surface area contributed by atoms with Gasteiger partial charge in [0.2, 0.25) is 0 Å². The van der Waals surface area contributed by atoms with Crippen LogP contribution in [0.25, 0.3) is 17.6 Å². The maximum absolute atomic E-state index is 13.2. The summed E-state index contributed by atoms with van der Waals surface area (Å²) in [5.74, 6) is 1.37. The average Bonchev–Trinajstić information content (AvgIpc) is 3.31. The summed E-state index contributed by atoms with van der Waals surface area (Å²) in [7, 11) is 0. The predicted molar refractivity (Wildman–Crippen MR) is 150 cm³/mol. The molecule has 41 heavy (non-hydrogen) atoms. The van der Waals surface area contributed by atoms with Crippen LogP contribution in [-0.4, -0.2) is 20.5 Å². The van der Waals surface area contributed by atoms with Crippen molar-refractivity contribution in [2.45, 2.75) is 79.6 Å². The number of halogens is 6. The number of rotatable bonds is 8. The normalized spacial score (nSPS) is 15.7. The molecule has 3 rings (SSSR count). The Kier molecular flexibility index (Phi) is 11.9. The number of allylic oxidation sites excluding steroid dienone is 7. The number of aromatic nitrogens is 3. The van der Waals surface area contributed by atoms with Crippen LogP contribution in [0.15, 0.2) is 65.5 Å². The van der Waals surface area contributed by atoms with Gasteiger partial charge in [-0.3, -0.25) is 4.79 Å². The highest BCUT2D eigenvalue weighted by atomic mass is 19.4. The zero-order chi connectivity index (χ0) is 31.0. The fourth-order valence-electron chi connectivity index (χ4n) is 3.94. The minimum Gasteiger partial charge on any atom is -0.294 e. The molecule has 0 amide bonds. The second-order valence-electron chi connectivity index (χ2n) is 10.4. The van der Waals surface area contributed by atoms with Crippen LogP contribution >= 0.6 is 0 Å². The number of carbonyl (C=O) groups is 1. The zero-order valence-electron chi connectivity index (χ0n) is 24.2. The van der Waals surface area contributed by atoms with Crippen molar-refractivity contribution in [2.75, 3.05) is 0 Å². The first-order chi connectivity index (χ1) is 19.1. The van der Waals surface area contributed by atoms with Crippen LogP contribution in [-0.2, 0) is 17.1 Å². The van der Waals surface area contributed by atoms with E-state index in [1.54, 1.807) is 25.2 Å². The summed E-state index contributed by atoms with van der Waals surface area (Å²) >= 11 is 0. The molecule has 0 radical (unpaired) electrons. The van der Waals surface area contributed by atoms with E-state index in [1.807, 2.05) is 19.9 Å². The molecule has 1 fully saturated rings. The average molecular weight is 582 g/mol. The van der Waals surface area contributed by atoms with Gasteiger partial charge in [-0.2, -0.15) is 26.3 Å². The van der Waals surface area contributed by atoms with E-state index in [0.717, 1.165) is 34.8 Å². The Bertz CT molecular complexity index is 1270. The standard InChI is InChI=1S/C24H23F6N3O.C7H14/c1-5-7-8-17(9-15(3)6-2)21(16(4)34)13-33-14-31-22(32-33)18-10-19(23(25,26)27)12-20(11-18)24(28,29)30;1-6(2)7-4-3-5-7/h5,7-14H,6H2,1-4H3;6-7H,3-5H2,1-2H3/b7-5-,15-9?,17-8+,21-13-;. The van der Waals surface area contributed by atoms with E-state index in [9.17, 15) is 31.1 Å². The molecule has 1 aromatic carbocycles. The summed E-state index contributed by atoms with van der Waals surface area (Å²) in [5, 5.41) is 3.99. The molecule has 0 atom stereocenters. The van der Waals surface area contributed by atoms with Gasteiger partial charge in [-0.25, -0.2) is 9.67 Å². The van der Waals surface area contributed by atoms with Gasteiger partial charge >= 0.3 is 12.4 Å². The monoisotopic (exact) mass is 581 g/mol. The molecule has 0 unspecified atom stereocenters. The summed E-state index contributed by atoms with van der Waals surface area (Å²) in [6.07, 6.45) is 4.71. The van der Waals surface area contributed by atoms with Crippen molar-refractivity contribution >= 4 is 12.0 Å². The highest BCUT2D eigenvalue weighted by molar-refractivity contribution is 6.01. The van der Waals surface area contributed by atoms with Crippen LogP contribution < -0.4 is 0 Å². The molecule has 1 aliphatic rings. The molecule has 4 nitrogen and oxygen atoms in total. The number of hydrogen-bond acceptors (Lipinski definition) is 3. The number of ketones is 1. The lowest BCUT2D eigenvalue weighted by atomic mass is 9.78. The Morgan fingerprint density at radius 3 is 2.02 bits per heavy atom. The quantitative estimate of drug-likeness (QED) is 0.177. The van der Waals surface area contributed by atoms with Crippen LogP contribution in [0.2, 0.25) is 0 Å². The number of hydrogen-bond donors (Lipinski definition) is 0. The van der Waals surface area contributed by atoms with Gasteiger partial charge < -0.3 is 0 Å². The molecule has 0 bridgehead atoms. The van der Waals surface area contributed by atoms with Crippen LogP contribution in [0.1, 0.15) is 78.4 Å². The second-order valence-corrected chi connectivity index (χ2v) is 10.4. The molecular weight excluding hydrogens is 544 g/mol. The highest BCUT2D eigenvalue weighted by Crippen LogP contribution is 2.38. The number of benzene rings is 1. The van der Waals surface area contributed by atoms with Crippen molar-refractivity contribution in [2.24, 2.45) is 11.8 Å². The SMILES string of the molecule is CC(C)C1CCC1.C\C=C/C=C(C=C(C)CC)/C(=C\n1cnc(-c2cc(C(F)(F)F)cc(C(F)(F)F)c2)n1)C(C)=O. The van der Waals surface area contributed by atoms with Crippen molar-refractivity contribution in [3.63, 3.8) is 0 Å². The Morgan fingerprint density at radius 1 is 1.05 bits per heavy atom. The largest absolute Gasteiger partial charge is 0.416 e. The maximum Gasteiger partial charge on any atom is 0.416 e. The van der Waals surface area contributed by atoms with E-state index in [2.05, 4.69) is 23.9 Å². The highest BCUT2D eigenvalue weighted by Gasteiger charge is 2.37. The summed E-state index contributed by atoms with van der Waals surface area (Å²) in [6, 6.07) is 1.14. The molecule has 0 aliphatic heterocycles. The smallest absolute Gasteiger partial charge is 0.294 e. The fourth-order valence-corrected chi connectivity index (χ4v) is 3.94. The number of alkyl halides is 6. The van der Waals surface area contributed by atoms with Crippen molar-refractivity contribution in [1.29, 1.82) is 0 Å². The second kappa shape index (κ2) is 14.5. The third kappa shape index (κ3) is 10.2. The van der Waals surface area contributed by atoms with Crippen molar-refractivity contribution in [3.05, 3.63) is 76.7 Å². The summed E-state index contributed by atoms with van der Waals surface area (Å²) in [4.78, 5) is 16.2. The van der Waals surface area contributed by atoms with Crippen LogP contribution in [0.4, 0.5) is 26.3 Å². The van der Waals surface area contributed by atoms with Gasteiger partial charge in [-0.1, -0.05) is 69.9 Å². The van der Waals surface area contributed by atoms with Gasteiger partial charge in [0, 0.05) is 17.3 Å². The zero-order valence-corrected chi connectivity index (χ0v) is 24.2. The van der Waals surface area contributed by atoms with E-state index in [4.69, 9.17) is 0 Å². The molecule has 1 heterocycles. The van der Waals surface area contributed by atoms with E-state index in [-0.39, 0.29) is 23.2 Å². The third-order valence-electron chi connectivity index (χ3n) is 6.83. The van der Waals surface area contributed by atoms with Gasteiger partial charge in [0.05, 0.1) is 11.1 Å². The Labute approximate surface area is 237 Å². The first kappa shape index (κ1) is 33.8. The third-order valence-corrected chi connectivity index (χ3v) is 6.83. The molecule has 10 heteroatoms. The lowest BCUT2D eigenvalue weighted by molar-refractivity contribution is -0.143. The summed E-state index contributed by atoms with van der Waals surface area (Å²) in [6.45, 7) is 11.6. The molecule has 0 saturated heterocycles. The van der Waals surface area contributed by atoms with E-state index in [0.29, 0.717) is 17.7 Å². The van der Waals surface area contributed by atoms with E-state index >= 15 is 0 Å². The molecule has 1 saturated carbocycles. The van der Waals surface area contributed by atoms with Gasteiger partial charge in [0.1, 0.15) is 6.33 Å². The topological polar surface area (TPSA) is 47.8 Å². The first-order valence-electron chi connectivity index (χ1n) is 13.5. The minimum absolute atomic E-state index is 0.0367. The lowest BCUT2D eigenvalue weighted by Crippen LogP contribution is -2.16. The number of carbonyl (C=O) groups excluding carboxylic acids is 1. The molecule has 1 aromatic heterocycles. The van der Waals surface area contributed by atoms with Gasteiger partial charge in [0.25, 0.3) is 0 Å². The molecule has 0 N–H and O–H groups in total.